The number of nitrogens with two attached hydrogens (primary N) is 1. The number of aliphatic carboxylic acids is 1. The number of carboxylic acids is 1. The molecule has 0 radical (unpaired) electrons. The maximum atomic E-state index is 12.6. The number of carbonyl (C=O) groups is 2. The summed E-state index contributed by atoms with van der Waals surface area (Å²) < 4.78 is 6.98. The number of aliphatic hydroxyl groups is 1. The molecule has 10 heteroatoms. The number of thioether (sulfide) groups is 1. The number of ether oxygens (including phenoxy) is 1. The Hall–Kier alpha value is -3.08. The summed E-state index contributed by atoms with van der Waals surface area (Å²) >= 11 is 1.36. The van der Waals surface area contributed by atoms with Crippen molar-refractivity contribution in [3.05, 3.63) is 53.2 Å². The number of nitrogens with zero attached hydrogens (tertiary/aromatic N) is 2. The molecular weight excluding hydrogens is 504 g/mol. The lowest BCUT2D eigenvalue weighted by molar-refractivity contribution is -0.903. The van der Waals surface area contributed by atoms with Crippen molar-refractivity contribution in [1.29, 1.82) is 5.41 Å². The third-order valence-corrected chi connectivity index (χ3v) is 8.43. The van der Waals surface area contributed by atoms with E-state index in [4.69, 9.17) is 15.9 Å². The number of hydrogen-bond acceptors (Lipinski definition) is 7. The lowest BCUT2D eigenvalue weighted by Gasteiger charge is -2.47. The Morgan fingerprint density at radius 2 is 1.95 bits per heavy atom. The van der Waals surface area contributed by atoms with Gasteiger partial charge in [0.05, 0.1) is 50.4 Å². The number of nitrogens with one attached hydrogen (secondary N) is 1. The predicted molar refractivity (Wildman–Crippen MR) is 146 cm³/mol. The van der Waals surface area contributed by atoms with E-state index in [9.17, 15) is 19.8 Å². The molecule has 204 valence electrons. The highest BCUT2D eigenvalue weighted by Gasteiger charge is 2.58. The fraction of sp³-hybridized carbons (Fsp3) is 0.464. The van der Waals surface area contributed by atoms with Crippen LogP contribution in [-0.2, 0) is 16.1 Å². The largest absolute Gasteiger partial charge is 0.543 e. The zero-order chi connectivity index (χ0) is 27.8. The standard InChI is InChI=1S/C28H36N4O5S/c1-16-21(25(27(35)36)31-24(16)23(17(2)33)26(31)34)15-37-22-11-6-9-19-18(8-5-10-20(19)22)14-32(3,4)12-7-13-38-28(29)30/h5-6,8-11,16-17,23-24,33H,7,12-15H2,1-4H3,(H3-,29,30,35,36)/t16-,17+,23+,24+/m0/s1. The third kappa shape index (κ3) is 5.39. The molecular formula is C28H36N4O5S. The van der Waals surface area contributed by atoms with Gasteiger partial charge in [-0.1, -0.05) is 49.0 Å². The van der Waals surface area contributed by atoms with E-state index in [0.717, 1.165) is 40.5 Å². The van der Waals surface area contributed by atoms with Crippen LogP contribution >= 0.6 is 11.8 Å². The number of carbonyl (C=O) groups excluding carboxylic acids is 2. The molecule has 0 unspecified atom stereocenters. The second-order valence-corrected chi connectivity index (χ2v) is 12.0. The predicted octanol–water partition coefficient (Wildman–Crippen LogP) is 1.67. The number of carboxylic acid groups (broad SMARTS) is 1. The van der Waals surface area contributed by atoms with E-state index in [1.165, 1.54) is 22.2 Å². The van der Waals surface area contributed by atoms with Crippen molar-refractivity contribution in [3.63, 3.8) is 0 Å². The summed E-state index contributed by atoms with van der Waals surface area (Å²) in [4.78, 5) is 25.8. The van der Waals surface area contributed by atoms with Crippen molar-refractivity contribution < 1.29 is 29.0 Å². The van der Waals surface area contributed by atoms with Gasteiger partial charge in [0, 0.05) is 29.0 Å². The molecule has 0 aromatic heterocycles. The van der Waals surface area contributed by atoms with Crippen molar-refractivity contribution in [2.45, 2.75) is 39.0 Å². The first kappa shape index (κ1) is 27.9. The highest BCUT2D eigenvalue weighted by atomic mass is 32.2. The van der Waals surface area contributed by atoms with Crippen LogP contribution in [0.4, 0.5) is 0 Å². The molecule has 9 nitrogen and oxygen atoms in total. The van der Waals surface area contributed by atoms with Crippen LogP contribution in [0.25, 0.3) is 10.8 Å². The second kappa shape index (κ2) is 11.0. The van der Waals surface area contributed by atoms with E-state index in [2.05, 4.69) is 26.2 Å². The minimum atomic E-state index is -1.41. The summed E-state index contributed by atoms with van der Waals surface area (Å²) in [6.45, 7) is 5.18. The van der Waals surface area contributed by atoms with Crippen LogP contribution in [0.1, 0.15) is 25.8 Å². The molecule has 2 heterocycles. The number of rotatable bonds is 11. The number of fused-ring (bicyclic) bond motifs is 2. The highest BCUT2D eigenvalue weighted by Crippen LogP contribution is 2.47. The van der Waals surface area contributed by atoms with E-state index in [1.807, 2.05) is 31.2 Å². The van der Waals surface area contributed by atoms with Crippen molar-refractivity contribution >= 4 is 39.6 Å². The van der Waals surface area contributed by atoms with Gasteiger partial charge >= 0.3 is 0 Å². The van der Waals surface area contributed by atoms with Crippen LogP contribution in [0.15, 0.2) is 47.7 Å². The van der Waals surface area contributed by atoms with Gasteiger partial charge in [0.25, 0.3) is 0 Å². The molecule has 0 bridgehead atoms. The quantitative estimate of drug-likeness (QED) is 0.130. The minimum absolute atomic E-state index is 0.00992. The van der Waals surface area contributed by atoms with Gasteiger partial charge in [0.15, 0.2) is 5.17 Å². The molecule has 1 saturated heterocycles. The molecule has 0 saturated carbocycles. The van der Waals surface area contributed by atoms with Crippen LogP contribution in [0.3, 0.4) is 0 Å². The normalized spacial score (nSPS) is 21.9. The Kier molecular flexibility index (Phi) is 8.06. The zero-order valence-corrected chi connectivity index (χ0v) is 23.1. The number of aliphatic hydroxyl groups excluding tert-OH is 1. The van der Waals surface area contributed by atoms with E-state index in [-0.39, 0.29) is 29.3 Å². The number of benzene rings is 2. The molecule has 2 aromatic carbocycles. The molecule has 1 fully saturated rings. The molecule has 2 aliphatic rings. The Labute approximate surface area is 227 Å². The van der Waals surface area contributed by atoms with E-state index < -0.39 is 24.0 Å². The van der Waals surface area contributed by atoms with Crippen molar-refractivity contribution in [1.82, 2.24) is 4.90 Å². The van der Waals surface area contributed by atoms with Crippen LogP contribution in [0.5, 0.6) is 5.75 Å². The van der Waals surface area contributed by atoms with Crippen LogP contribution in [0.2, 0.25) is 0 Å². The molecule has 4 atom stereocenters. The Morgan fingerprint density at radius 1 is 1.26 bits per heavy atom. The van der Waals surface area contributed by atoms with E-state index in [0.29, 0.717) is 11.3 Å². The monoisotopic (exact) mass is 540 g/mol. The van der Waals surface area contributed by atoms with Gasteiger partial charge in [0.1, 0.15) is 18.9 Å². The van der Waals surface area contributed by atoms with Crippen LogP contribution < -0.4 is 15.6 Å². The smallest absolute Gasteiger partial charge is 0.235 e. The second-order valence-electron chi connectivity index (χ2n) is 10.9. The van der Waals surface area contributed by atoms with Crippen LogP contribution in [0, 0.1) is 17.2 Å². The maximum absolute atomic E-state index is 12.6. The lowest BCUT2D eigenvalue weighted by atomic mass is 9.78. The molecule has 4 N–H and O–H groups in total. The first-order valence-corrected chi connectivity index (χ1v) is 13.8. The third-order valence-electron chi connectivity index (χ3n) is 7.63. The fourth-order valence-corrected chi connectivity index (χ4v) is 6.30. The van der Waals surface area contributed by atoms with Gasteiger partial charge in [0.2, 0.25) is 5.91 Å². The summed E-state index contributed by atoms with van der Waals surface area (Å²) in [5, 5.41) is 31.6. The van der Waals surface area contributed by atoms with Gasteiger partial charge in [-0.05, 0) is 23.9 Å². The summed E-state index contributed by atoms with van der Waals surface area (Å²) in [5.41, 5.74) is 6.99. The van der Waals surface area contributed by atoms with Crippen molar-refractivity contribution in [3.8, 4) is 5.75 Å². The molecule has 4 rings (SSSR count). The van der Waals surface area contributed by atoms with E-state index in [1.54, 1.807) is 6.92 Å². The SMILES string of the molecule is C[C@@H](O)[C@H]1C(=O)N2C(C(=O)[O-])=C(COc3cccc4c(C[N+](C)(C)CCCSC(=N)N)cccc34)[C@H](C)[C@H]12. The number of amides is 1. The van der Waals surface area contributed by atoms with Gasteiger partial charge in [-0.25, -0.2) is 0 Å². The Bertz CT molecular complexity index is 1290. The summed E-state index contributed by atoms with van der Waals surface area (Å²) in [5.74, 6) is -1.24. The maximum Gasteiger partial charge on any atom is 0.235 e. The Balaban J connectivity index is 1.53. The summed E-state index contributed by atoms with van der Waals surface area (Å²) in [6.07, 6.45) is 0.0856. The molecule has 2 aromatic rings. The van der Waals surface area contributed by atoms with Gasteiger partial charge in [-0.3, -0.25) is 10.2 Å². The summed E-state index contributed by atoms with van der Waals surface area (Å²) in [6, 6.07) is 11.5. The minimum Gasteiger partial charge on any atom is -0.543 e. The summed E-state index contributed by atoms with van der Waals surface area (Å²) in [7, 11) is 4.36. The number of hydrogen-bond donors (Lipinski definition) is 3. The molecule has 1 amide bonds. The first-order chi connectivity index (χ1) is 17.9. The van der Waals surface area contributed by atoms with Crippen LogP contribution in [-0.4, -0.2) is 76.7 Å². The van der Waals surface area contributed by atoms with Gasteiger partial charge < -0.3 is 34.9 Å². The first-order valence-electron chi connectivity index (χ1n) is 12.8. The molecule has 2 aliphatic heterocycles. The molecule has 0 spiro atoms. The lowest BCUT2D eigenvalue weighted by Crippen LogP contribution is -2.64. The number of amidine groups is 1. The fourth-order valence-electron chi connectivity index (χ4n) is 5.80. The molecule has 0 aliphatic carbocycles. The Morgan fingerprint density at radius 3 is 2.61 bits per heavy atom. The number of β-lactam (4-membered cyclic amide) rings is 1. The average molecular weight is 541 g/mol. The molecule has 38 heavy (non-hydrogen) atoms. The highest BCUT2D eigenvalue weighted by molar-refractivity contribution is 8.13. The van der Waals surface area contributed by atoms with Gasteiger partial charge in [-0.2, -0.15) is 0 Å². The van der Waals surface area contributed by atoms with Crippen molar-refractivity contribution in [2.24, 2.45) is 17.6 Å². The van der Waals surface area contributed by atoms with Crippen molar-refractivity contribution in [2.75, 3.05) is 33.0 Å². The topological polar surface area (TPSA) is 140 Å². The zero-order valence-electron chi connectivity index (χ0n) is 22.3. The van der Waals surface area contributed by atoms with Gasteiger partial charge in [-0.15, -0.1) is 0 Å². The van der Waals surface area contributed by atoms with E-state index >= 15 is 0 Å². The average Bonchev–Trinajstić information content (AvgIpc) is 3.08. The number of quaternary nitrogens is 1.